The van der Waals surface area contributed by atoms with Crippen molar-refractivity contribution in [3.05, 3.63) is 59.4 Å². The van der Waals surface area contributed by atoms with Crippen LogP contribution in [0.3, 0.4) is 0 Å². The van der Waals surface area contributed by atoms with Gasteiger partial charge in [-0.05, 0) is 30.7 Å². The fourth-order valence-corrected chi connectivity index (χ4v) is 2.46. The Balaban J connectivity index is 2.67. The molecule has 0 aromatic heterocycles. The molecule has 0 aliphatic carbocycles. The van der Waals surface area contributed by atoms with Gasteiger partial charge in [-0.3, -0.25) is 0 Å². The van der Waals surface area contributed by atoms with Crippen LogP contribution in [0, 0.1) is 5.82 Å². The smallest absolute Gasteiger partial charge is 0.129 e. The number of aliphatic hydroxyl groups is 1. The van der Waals surface area contributed by atoms with Gasteiger partial charge >= 0.3 is 0 Å². The molecular formula is C17H19FO3. The lowest BCUT2D eigenvalue weighted by molar-refractivity contribution is 0.0695. The highest BCUT2D eigenvalue weighted by molar-refractivity contribution is 5.48. The minimum atomic E-state index is -1.48. The maximum Gasteiger partial charge on any atom is 0.129 e. The summed E-state index contributed by atoms with van der Waals surface area (Å²) in [5, 5.41) is 11.1. The SMILES string of the molecule is CCC(O)(c1ccccc1F)c1cc(OC)ccc1OC. The molecule has 1 N–H and O–H groups in total. The highest BCUT2D eigenvalue weighted by Gasteiger charge is 2.35. The number of rotatable bonds is 5. The Morgan fingerprint density at radius 3 is 2.33 bits per heavy atom. The molecule has 0 aliphatic rings. The number of hydrogen-bond acceptors (Lipinski definition) is 3. The molecule has 3 nitrogen and oxygen atoms in total. The molecule has 0 fully saturated rings. The molecule has 2 aromatic carbocycles. The minimum Gasteiger partial charge on any atom is -0.497 e. The topological polar surface area (TPSA) is 38.7 Å². The van der Waals surface area contributed by atoms with Crippen LogP contribution in [0.2, 0.25) is 0 Å². The predicted molar refractivity (Wildman–Crippen MR) is 79.2 cm³/mol. The third-order valence-corrected chi connectivity index (χ3v) is 3.68. The minimum absolute atomic E-state index is 0.221. The maximum absolute atomic E-state index is 14.1. The second kappa shape index (κ2) is 6.14. The monoisotopic (exact) mass is 290 g/mol. The Bertz CT molecular complexity index is 627. The van der Waals surface area contributed by atoms with Gasteiger partial charge in [-0.1, -0.05) is 25.1 Å². The van der Waals surface area contributed by atoms with Gasteiger partial charge in [0.15, 0.2) is 0 Å². The summed E-state index contributed by atoms with van der Waals surface area (Å²) in [7, 11) is 3.06. The van der Waals surface area contributed by atoms with E-state index in [-0.39, 0.29) is 5.56 Å². The van der Waals surface area contributed by atoms with Crippen molar-refractivity contribution in [1.29, 1.82) is 0 Å². The number of halogens is 1. The van der Waals surface area contributed by atoms with Crippen molar-refractivity contribution in [1.82, 2.24) is 0 Å². The van der Waals surface area contributed by atoms with Gasteiger partial charge in [-0.2, -0.15) is 0 Å². The Hall–Kier alpha value is -2.07. The number of benzene rings is 2. The molecular weight excluding hydrogens is 271 g/mol. The van der Waals surface area contributed by atoms with Crippen LogP contribution >= 0.6 is 0 Å². The molecule has 0 radical (unpaired) electrons. The van der Waals surface area contributed by atoms with E-state index in [0.29, 0.717) is 23.5 Å². The summed E-state index contributed by atoms with van der Waals surface area (Å²) in [6.45, 7) is 1.80. The fraction of sp³-hybridized carbons (Fsp3) is 0.294. The third kappa shape index (κ3) is 2.72. The van der Waals surface area contributed by atoms with Crippen molar-refractivity contribution >= 4 is 0 Å². The third-order valence-electron chi connectivity index (χ3n) is 3.68. The molecule has 2 aromatic rings. The molecule has 0 amide bonds. The average molecular weight is 290 g/mol. The first-order valence-electron chi connectivity index (χ1n) is 6.76. The van der Waals surface area contributed by atoms with Crippen LogP contribution in [-0.4, -0.2) is 19.3 Å². The lowest BCUT2D eigenvalue weighted by Gasteiger charge is -2.30. The first-order valence-corrected chi connectivity index (χ1v) is 6.76. The summed E-state index contributed by atoms with van der Waals surface area (Å²) in [6.07, 6.45) is 0.303. The highest BCUT2D eigenvalue weighted by Crippen LogP contribution is 2.40. The Labute approximate surface area is 124 Å². The van der Waals surface area contributed by atoms with Crippen LogP contribution in [-0.2, 0) is 5.60 Å². The molecule has 4 heteroatoms. The molecule has 0 saturated carbocycles. The van der Waals surface area contributed by atoms with E-state index < -0.39 is 11.4 Å². The summed E-state index contributed by atoms with van der Waals surface area (Å²) >= 11 is 0. The van der Waals surface area contributed by atoms with Crippen molar-refractivity contribution in [2.75, 3.05) is 14.2 Å². The molecule has 2 rings (SSSR count). The summed E-state index contributed by atoms with van der Waals surface area (Å²) in [6, 6.07) is 11.3. The van der Waals surface area contributed by atoms with Gasteiger partial charge in [-0.15, -0.1) is 0 Å². The van der Waals surface area contributed by atoms with Crippen LogP contribution in [0.4, 0.5) is 4.39 Å². The van der Waals surface area contributed by atoms with E-state index in [2.05, 4.69) is 0 Å². The van der Waals surface area contributed by atoms with Gasteiger partial charge in [0.2, 0.25) is 0 Å². The highest BCUT2D eigenvalue weighted by atomic mass is 19.1. The molecule has 21 heavy (non-hydrogen) atoms. The van der Waals surface area contributed by atoms with E-state index in [1.165, 1.54) is 13.2 Å². The van der Waals surface area contributed by atoms with Crippen LogP contribution < -0.4 is 9.47 Å². The fourth-order valence-electron chi connectivity index (χ4n) is 2.46. The van der Waals surface area contributed by atoms with E-state index in [1.54, 1.807) is 50.4 Å². The van der Waals surface area contributed by atoms with Crippen molar-refractivity contribution in [2.24, 2.45) is 0 Å². The zero-order valence-electron chi connectivity index (χ0n) is 12.4. The molecule has 0 bridgehead atoms. The van der Waals surface area contributed by atoms with Crippen molar-refractivity contribution in [3.63, 3.8) is 0 Å². The lowest BCUT2D eigenvalue weighted by Crippen LogP contribution is -2.28. The standard InChI is InChI=1S/C17H19FO3/c1-4-17(19,13-7-5-6-8-15(13)18)14-11-12(20-2)9-10-16(14)21-3/h5-11,19H,4H2,1-3H3. The Morgan fingerprint density at radius 1 is 1.05 bits per heavy atom. The van der Waals surface area contributed by atoms with Gasteiger partial charge in [0, 0.05) is 11.1 Å². The summed E-state index contributed by atoms with van der Waals surface area (Å²) < 4.78 is 24.7. The van der Waals surface area contributed by atoms with E-state index in [1.807, 2.05) is 0 Å². The summed E-state index contributed by atoms with van der Waals surface area (Å²) in [5.74, 6) is 0.615. The first kappa shape index (κ1) is 15.3. The zero-order chi connectivity index (χ0) is 15.5. The van der Waals surface area contributed by atoms with Gasteiger partial charge in [0.25, 0.3) is 0 Å². The predicted octanol–water partition coefficient (Wildman–Crippen LogP) is 3.49. The van der Waals surface area contributed by atoms with Gasteiger partial charge in [0.05, 0.1) is 14.2 Å². The summed E-state index contributed by atoms with van der Waals surface area (Å²) in [4.78, 5) is 0. The number of ether oxygens (including phenoxy) is 2. The molecule has 0 heterocycles. The van der Waals surface area contributed by atoms with Crippen LogP contribution in [0.25, 0.3) is 0 Å². The van der Waals surface area contributed by atoms with Crippen LogP contribution in [0.5, 0.6) is 11.5 Å². The molecule has 0 spiro atoms. The quantitative estimate of drug-likeness (QED) is 0.916. The van der Waals surface area contributed by atoms with Gasteiger partial charge in [0.1, 0.15) is 22.9 Å². The second-order valence-electron chi connectivity index (χ2n) is 4.76. The van der Waals surface area contributed by atoms with E-state index >= 15 is 0 Å². The maximum atomic E-state index is 14.1. The zero-order valence-corrected chi connectivity index (χ0v) is 12.4. The second-order valence-corrected chi connectivity index (χ2v) is 4.76. The van der Waals surface area contributed by atoms with Crippen LogP contribution in [0.1, 0.15) is 24.5 Å². The lowest BCUT2D eigenvalue weighted by atomic mass is 9.83. The van der Waals surface area contributed by atoms with Gasteiger partial charge in [-0.25, -0.2) is 4.39 Å². The molecule has 112 valence electrons. The van der Waals surface area contributed by atoms with Crippen molar-refractivity contribution in [2.45, 2.75) is 18.9 Å². The van der Waals surface area contributed by atoms with E-state index in [0.717, 1.165) is 0 Å². The van der Waals surface area contributed by atoms with Crippen molar-refractivity contribution in [3.8, 4) is 11.5 Å². The van der Waals surface area contributed by atoms with E-state index in [9.17, 15) is 9.50 Å². The molecule has 0 aliphatic heterocycles. The van der Waals surface area contributed by atoms with Crippen molar-refractivity contribution < 1.29 is 19.0 Å². The average Bonchev–Trinajstić information content (AvgIpc) is 2.54. The molecule has 1 unspecified atom stereocenters. The largest absolute Gasteiger partial charge is 0.497 e. The Kier molecular flexibility index (Phi) is 4.48. The number of methoxy groups -OCH3 is 2. The summed E-state index contributed by atoms with van der Waals surface area (Å²) in [5.41, 5.74) is -0.776. The Morgan fingerprint density at radius 2 is 1.76 bits per heavy atom. The first-order chi connectivity index (χ1) is 10.1. The molecule has 0 saturated heterocycles. The van der Waals surface area contributed by atoms with Gasteiger partial charge < -0.3 is 14.6 Å². The number of hydrogen-bond donors (Lipinski definition) is 1. The molecule has 1 atom stereocenters. The van der Waals surface area contributed by atoms with E-state index in [4.69, 9.17) is 9.47 Å². The normalized spacial score (nSPS) is 13.6. The van der Waals surface area contributed by atoms with Crippen LogP contribution in [0.15, 0.2) is 42.5 Å².